The first-order valence-corrected chi connectivity index (χ1v) is 6.78. The molecular weight excluding hydrogens is 242 g/mol. The molecule has 0 bridgehead atoms. The molecule has 2 fully saturated rings. The van der Waals surface area contributed by atoms with Crippen molar-refractivity contribution in [3.8, 4) is 0 Å². The summed E-state index contributed by atoms with van der Waals surface area (Å²) in [6, 6.07) is 5.91. The van der Waals surface area contributed by atoms with Gasteiger partial charge in [-0.05, 0) is 24.6 Å². The highest BCUT2D eigenvalue weighted by Crippen LogP contribution is 2.29. The van der Waals surface area contributed by atoms with Crippen LogP contribution in [0.4, 0.5) is 17.1 Å². The molecule has 19 heavy (non-hydrogen) atoms. The molecule has 2 aliphatic rings. The Balaban J connectivity index is 1.88. The first-order valence-electron chi connectivity index (χ1n) is 6.78. The monoisotopic (exact) mass is 261 g/mol. The van der Waals surface area contributed by atoms with Crippen molar-refractivity contribution >= 4 is 23.0 Å². The van der Waals surface area contributed by atoms with Crippen molar-refractivity contribution in [1.29, 1.82) is 0 Å². The molecule has 102 valence electrons. The number of morpholine rings is 1. The van der Waals surface area contributed by atoms with Crippen molar-refractivity contribution in [2.24, 2.45) is 0 Å². The highest BCUT2D eigenvalue weighted by atomic mass is 16.5. The number of nitrogen functional groups attached to an aromatic ring is 1. The van der Waals surface area contributed by atoms with Crippen LogP contribution in [-0.2, 0) is 9.53 Å². The largest absolute Gasteiger partial charge is 0.399 e. The van der Waals surface area contributed by atoms with Crippen molar-refractivity contribution in [3.63, 3.8) is 0 Å². The van der Waals surface area contributed by atoms with Crippen LogP contribution in [0, 0.1) is 0 Å². The summed E-state index contributed by atoms with van der Waals surface area (Å²) in [6.45, 7) is 4.03. The minimum absolute atomic E-state index is 0.193. The van der Waals surface area contributed by atoms with Gasteiger partial charge in [-0.25, -0.2) is 0 Å². The number of nitrogens with two attached hydrogens (primary N) is 1. The molecule has 2 N–H and O–H groups in total. The summed E-state index contributed by atoms with van der Waals surface area (Å²) in [5.74, 6) is 0.193. The number of carbonyl (C=O) groups is 1. The summed E-state index contributed by atoms with van der Waals surface area (Å²) in [5.41, 5.74) is 8.69. The van der Waals surface area contributed by atoms with Crippen LogP contribution in [-0.4, -0.2) is 38.8 Å². The van der Waals surface area contributed by atoms with Crippen molar-refractivity contribution in [3.05, 3.63) is 18.2 Å². The lowest BCUT2D eigenvalue weighted by Crippen LogP contribution is -2.36. The number of hydrogen-bond acceptors (Lipinski definition) is 4. The predicted molar refractivity (Wildman–Crippen MR) is 75.5 cm³/mol. The highest BCUT2D eigenvalue weighted by molar-refractivity contribution is 5.96. The van der Waals surface area contributed by atoms with E-state index in [0.29, 0.717) is 12.1 Å². The zero-order chi connectivity index (χ0) is 13.2. The topological polar surface area (TPSA) is 58.8 Å². The number of amides is 1. The van der Waals surface area contributed by atoms with Gasteiger partial charge >= 0.3 is 0 Å². The third kappa shape index (κ3) is 2.51. The summed E-state index contributed by atoms with van der Waals surface area (Å²) < 4.78 is 5.36. The quantitative estimate of drug-likeness (QED) is 0.814. The Morgan fingerprint density at radius 1 is 1.05 bits per heavy atom. The molecule has 5 heteroatoms. The number of benzene rings is 1. The Labute approximate surface area is 112 Å². The summed E-state index contributed by atoms with van der Waals surface area (Å²) >= 11 is 0. The van der Waals surface area contributed by atoms with Gasteiger partial charge in [-0.15, -0.1) is 0 Å². The normalized spacial score (nSPS) is 20.1. The van der Waals surface area contributed by atoms with Crippen molar-refractivity contribution in [1.82, 2.24) is 0 Å². The average Bonchev–Trinajstić information content (AvgIpc) is 2.85. The third-order valence-corrected chi connectivity index (χ3v) is 3.69. The fraction of sp³-hybridized carbons (Fsp3) is 0.500. The van der Waals surface area contributed by atoms with Gasteiger partial charge in [0.2, 0.25) is 5.91 Å². The second-order valence-electron chi connectivity index (χ2n) is 5.03. The van der Waals surface area contributed by atoms with E-state index < -0.39 is 0 Å². The molecule has 1 aromatic carbocycles. The minimum Gasteiger partial charge on any atom is -0.399 e. The van der Waals surface area contributed by atoms with Gasteiger partial charge in [-0.1, -0.05) is 0 Å². The first kappa shape index (κ1) is 12.3. The Bertz CT molecular complexity index is 484. The lowest BCUT2D eigenvalue weighted by Gasteiger charge is -2.30. The number of nitrogens with zero attached hydrogens (tertiary/aromatic N) is 2. The van der Waals surface area contributed by atoms with Gasteiger partial charge in [0.05, 0.1) is 13.2 Å². The van der Waals surface area contributed by atoms with Crippen LogP contribution in [0.2, 0.25) is 0 Å². The molecule has 0 saturated carbocycles. The van der Waals surface area contributed by atoms with E-state index in [1.165, 1.54) is 0 Å². The van der Waals surface area contributed by atoms with Crippen LogP contribution < -0.4 is 15.5 Å². The average molecular weight is 261 g/mol. The zero-order valence-electron chi connectivity index (χ0n) is 11.0. The van der Waals surface area contributed by atoms with Gasteiger partial charge in [0.15, 0.2) is 0 Å². The maximum absolute atomic E-state index is 11.8. The summed E-state index contributed by atoms with van der Waals surface area (Å²) in [6.07, 6.45) is 1.57. The fourth-order valence-corrected chi connectivity index (χ4v) is 2.70. The molecular formula is C14H19N3O2. The van der Waals surface area contributed by atoms with E-state index >= 15 is 0 Å². The van der Waals surface area contributed by atoms with E-state index in [2.05, 4.69) is 11.0 Å². The molecule has 1 aromatic rings. The molecule has 2 aliphatic heterocycles. The van der Waals surface area contributed by atoms with E-state index in [-0.39, 0.29) is 5.91 Å². The van der Waals surface area contributed by atoms with Crippen molar-refractivity contribution in [2.75, 3.05) is 48.4 Å². The van der Waals surface area contributed by atoms with E-state index in [0.717, 1.165) is 50.6 Å². The SMILES string of the molecule is Nc1cc(N2CCOCC2)cc(N2CCCC2=O)c1. The third-order valence-electron chi connectivity index (χ3n) is 3.69. The number of anilines is 3. The van der Waals surface area contributed by atoms with Gasteiger partial charge in [-0.3, -0.25) is 4.79 Å². The molecule has 0 aliphatic carbocycles. The van der Waals surface area contributed by atoms with Gasteiger partial charge in [0, 0.05) is 43.1 Å². The van der Waals surface area contributed by atoms with E-state index in [1.54, 1.807) is 0 Å². The van der Waals surface area contributed by atoms with Crippen molar-refractivity contribution in [2.45, 2.75) is 12.8 Å². The minimum atomic E-state index is 0.193. The summed E-state index contributed by atoms with van der Waals surface area (Å²) in [7, 11) is 0. The van der Waals surface area contributed by atoms with Gasteiger partial charge in [0.25, 0.3) is 0 Å². The molecule has 5 nitrogen and oxygen atoms in total. The lowest BCUT2D eigenvalue weighted by molar-refractivity contribution is -0.117. The molecule has 0 aromatic heterocycles. The standard InChI is InChI=1S/C14H19N3O2/c15-11-8-12(16-4-6-19-7-5-16)10-13(9-11)17-3-1-2-14(17)18/h8-10H,1-7,15H2. The Morgan fingerprint density at radius 2 is 1.79 bits per heavy atom. The van der Waals surface area contributed by atoms with E-state index in [1.807, 2.05) is 17.0 Å². The van der Waals surface area contributed by atoms with Gasteiger partial charge in [-0.2, -0.15) is 0 Å². The summed E-state index contributed by atoms with van der Waals surface area (Å²) in [5, 5.41) is 0. The molecule has 3 rings (SSSR count). The molecule has 0 unspecified atom stereocenters. The molecule has 0 atom stereocenters. The van der Waals surface area contributed by atoms with E-state index in [9.17, 15) is 4.79 Å². The number of carbonyl (C=O) groups excluding carboxylic acids is 1. The molecule has 0 spiro atoms. The smallest absolute Gasteiger partial charge is 0.227 e. The van der Waals surface area contributed by atoms with Gasteiger partial charge < -0.3 is 20.3 Å². The zero-order valence-corrected chi connectivity index (χ0v) is 11.0. The molecule has 2 saturated heterocycles. The lowest BCUT2D eigenvalue weighted by atomic mass is 10.2. The number of hydrogen-bond donors (Lipinski definition) is 1. The predicted octanol–water partition coefficient (Wildman–Crippen LogP) is 1.23. The van der Waals surface area contributed by atoms with Crippen LogP contribution in [0.25, 0.3) is 0 Å². The Morgan fingerprint density at radius 3 is 2.47 bits per heavy atom. The second-order valence-corrected chi connectivity index (χ2v) is 5.03. The van der Waals surface area contributed by atoms with Crippen LogP contribution in [0.5, 0.6) is 0 Å². The van der Waals surface area contributed by atoms with E-state index in [4.69, 9.17) is 10.5 Å². The molecule has 2 heterocycles. The maximum atomic E-state index is 11.8. The molecule has 1 amide bonds. The molecule has 0 radical (unpaired) electrons. The summed E-state index contributed by atoms with van der Waals surface area (Å²) in [4.78, 5) is 15.9. The maximum Gasteiger partial charge on any atom is 0.227 e. The first-order chi connectivity index (χ1) is 9.24. The Hall–Kier alpha value is -1.75. The Kier molecular flexibility index (Phi) is 3.29. The number of ether oxygens (including phenoxy) is 1. The van der Waals surface area contributed by atoms with Gasteiger partial charge in [0.1, 0.15) is 0 Å². The van der Waals surface area contributed by atoms with Crippen LogP contribution >= 0.6 is 0 Å². The second kappa shape index (κ2) is 5.09. The van der Waals surface area contributed by atoms with Crippen LogP contribution in [0.15, 0.2) is 18.2 Å². The van der Waals surface area contributed by atoms with Crippen LogP contribution in [0.3, 0.4) is 0 Å². The van der Waals surface area contributed by atoms with Crippen molar-refractivity contribution < 1.29 is 9.53 Å². The fourth-order valence-electron chi connectivity index (χ4n) is 2.70. The number of rotatable bonds is 2. The highest BCUT2D eigenvalue weighted by Gasteiger charge is 2.23. The van der Waals surface area contributed by atoms with Crippen LogP contribution in [0.1, 0.15) is 12.8 Å².